The van der Waals surface area contributed by atoms with Crippen molar-refractivity contribution in [3.63, 3.8) is 0 Å². The van der Waals surface area contributed by atoms with Gasteiger partial charge in [0.2, 0.25) is 5.91 Å². The smallest absolute Gasteiger partial charge is 0.383 e. The Balaban J connectivity index is 2.53. The number of carbonyl (C=O) groups is 1. The van der Waals surface area contributed by atoms with Crippen LogP contribution in [0.4, 0.5) is 13.2 Å². The third-order valence-electron chi connectivity index (χ3n) is 3.37. The summed E-state index contributed by atoms with van der Waals surface area (Å²) in [6.07, 6.45) is -2.70. The van der Waals surface area contributed by atoms with Crippen LogP contribution in [0.3, 0.4) is 0 Å². The number of amides is 1. The number of nitrogens with one attached hydrogen (secondary N) is 1. The molecule has 19 heavy (non-hydrogen) atoms. The number of hydrogen-bond acceptors (Lipinski definition) is 2. The van der Waals surface area contributed by atoms with Crippen molar-refractivity contribution in [1.82, 2.24) is 5.32 Å². The lowest BCUT2D eigenvalue weighted by atomic mass is 9.78. The van der Waals surface area contributed by atoms with E-state index in [1.165, 1.54) is 7.11 Å². The van der Waals surface area contributed by atoms with Crippen molar-refractivity contribution < 1.29 is 22.7 Å². The molecule has 3 atom stereocenters. The van der Waals surface area contributed by atoms with Crippen molar-refractivity contribution in [2.75, 3.05) is 20.3 Å². The predicted molar refractivity (Wildman–Crippen MR) is 69.1 cm³/mol. The van der Waals surface area contributed by atoms with Crippen molar-refractivity contribution in [2.45, 2.75) is 36.7 Å². The second kappa shape index (κ2) is 7.47. The molecule has 0 spiro atoms. The summed E-state index contributed by atoms with van der Waals surface area (Å²) >= 11 is 3.28. The Morgan fingerprint density at radius 1 is 1.42 bits per heavy atom. The van der Waals surface area contributed by atoms with Gasteiger partial charge in [0.05, 0.1) is 17.4 Å². The molecule has 0 aromatic heterocycles. The van der Waals surface area contributed by atoms with Gasteiger partial charge in [-0.25, -0.2) is 0 Å². The van der Waals surface area contributed by atoms with Crippen LogP contribution in [0.5, 0.6) is 0 Å². The van der Waals surface area contributed by atoms with E-state index < -0.39 is 23.9 Å². The van der Waals surface area contributed by atoms with Crippen LogP contribution < -0.4 is 5.32 Å². The maximum atomic E-state index is 12.9. The van der Waals surface area contributed by atoms with E-state index in [1.54, 1.807) is 0 Å². The Hall–Kier alpha value is -0.300. The van der Waals surface area contributed by atoms with E-state index in [9.17, 15) is 18.0 Å². The minimum atomic E-state index is -4.29. The third-order valence-corrected chi connectivity index (χ3v) is 3.96. The molecule has 1 rings (SSSR count). The Morgan fingerprint density at radius 2 is 2.05 bits per heavy atom. The number of carbonyl (C=O) groups excluding carboxylic acids is 1. The van der Waals surface area contributed by atoms with Gasteiger partial charge in [-0.3, -0.25) is 4.79 Å². The Morgan fingerprint density at radius 3 is 2.63 bits per heavy atom. The fraction of sp³-hybridized carbons (Fsp3) is 0.917. The average Bonchev–Trinajstić information content (AvgIpc) is 2.35. The molecule has 3 unspecified atom stereocenters. The summed E-state index contributed by atoms with van der Waals surface area (Å²) in [5.74, 6) is -2.95. The normalized spacial score (nSPS) is 25.9. The van der Waals surface area contributed by atoms with Crippen molar-refractivity contribution in [3.05, 3.63) is 0 Å². The molecular formula is C12H19BrF3NO2. The van der Waals surface area contributed by atoms with Gasteiger partial charge in [0.1, 0.15) is 0 Å². The van der Waals surface area contributed by atoms with Crippen LogP contribution in [0.2, 0.25) is 0 Å². The highest BCUT2D eigenvalue weighted by molar-refractivity contribution is 9.09. The van der Waals surface area contributed by atoms with Crippen molar-refractivity contribution in [2.24, 2.45) is 11.8 Å². The highest BCUT2D eigenvalue weighted by atomic mass is 79.9. The largest absolute Gasteiger partial charge is 0.392 e. The van der Waals surface area contributed by atoms with Crippen molar-refractivity contribution >= 4 is 21.8 Å². The van der Waals surface area contributed by atoms with Gasteiger partial charge < -0.3 is 10.1 Å². The van der Waals surface area contributed by atoms with E-state index in [1.807, 2.05) is 0 Å². The molecule has 1 N–H and O–H groups in total. The molecule has 7 heteroatoms. The first-order chi connectivity index (χ1) is 8.86. The molecule has 0 bridgehead atoms. The van der Waals surface area contributed by atoms with Gasteiger partial charge in [0.15, 0.2) is 0 Å². The molecule has 1 aliphatic carbocycles. The maximum absolute atomic E-state index is 12.9. The number of rotatable bonds is 5. The quantitative estimate of drug-likeness (QED) is 0.778. The number of alkyl halides is 4. The van der Waals surface area contributed by atoms with Crippen LogP contribution >= 0.6 is 15.9 Å². The lowest BCUT2D eigenvalue weighted by Gasteiger charge is -2.32. The van der Waals surface area contributed by atoms with E-state index in [4.69, 9.17) is 4.74 Å². The number of methoxy groups -OCH3 is 1. The molecule has 1 saturated carbocycles. The van der Waals surface area contributed by atoms with Crippen LogP contribution in [0, 0.1) is 11.8 Å². The molecular weight excluding hydrogens is 327 g/mol. The first-order valence-corrected chi connectivity index (χ1v) is 7.25. The monoisotopic (exact) mass is 345 g/mol. The van der Waals surface area contributed by atoms with Gasteiger partial charge in [-0.2, -0.15) is 13.2 Å². The summed E-state index contributed by atoms with van der Waals surface area (Å²) in [7, 11) is 1.52. The molecule has 0 saturated heterocycles. The first-order valence-electron chi connectivity index (χ1n) is 6.33. The molecule has 3 nitrogen and oxygen atoms in total. The van der Waals surface area contributed by atoms with Crippen LogP contribution in [0.15, 0.2) is 0 Å². The van der Waals surface area contributed by atoms with Gasteiger partial charge in [0, 0.05) is 19.6 Å². The van der Waals surface area contributed by atoms with E-state index in [0.29, 0.717) is 25.9 Å². The molecule has 0 aromatic carbocycles. The number of hydrogen-bond donors (Lipinski definition) is 1. The van der Waals surface area contributed by atoms with Crippen molar-refractivity contribution in [3.8, 4) is 0 Å². The standard InChI is InChI=1S/C12H19BrF3NO2/c1-19-7-8(13)6-17-11(18)9-4-2-3-5-10(9)12(14,15)16/h8-10H,2-7H2,1H3,(H,17,18). The van der Waals surface area contributed by atoms with Gasteiger partial charge in [0.25, 0.3) is 0 Å². The molecule has 0 aliphatic heterocycles. The zero-order chi connectivity index (χ0) is 14.5. The fourth-order valence-corrected chi connectivity index (χ4v) is 2.84. The van der Waals surface area contributed by atoms with Gasteiger partial charge in [-0.1, -0.05) is 28.8 Å². The first kappa shape index (κ1) is 16.8. The van der Waals surface area contributed by atoms with E-state index in [2.05, 4.69) is 21.2 Å². The SMILES string of the molecule is COCC(Br)CNC(=O)C1CCCCC1C(F)(F)F. The van der Waals surface area contributed by atoms with Crippen LogP contribution in [0.25, 0.3) is 0 Å². The second-order valence-corrected chi connectivity index (χ2v) is 6.13. The summed E-state index contributed by atoms with van der Waals surface area (Å²) in [5, 5.41) is 2.57. The third kappa shape index (κ3) is 5.30. The van der Waals surface area contributed by atoms with Crippen molar-refractivity contribution in [1.29, 1.82) is 0 Å². The topological polar surface area (TPSA) is 38.3 Å². The minimum Gasteiger partial charge on any atom is -0.383 e. The predicted octanol–water partition coefficient (Wildman–Crippen LogP) is 2.88. The lowest BCUT2D eigenvalue weighted by Crippen LogP contribution is -2.44. The highest BCUT2D eigenvalue weighted by Gasteiger charge is 2.47. The molecule has 112 valence electrons. The maximum Gasteiger partial charge on any atom is 0.392 e. The summed E-state index contributed by atoms with van der Waals surface area (Å²) in [4.78, 5) is 11.8. The van der Waals surface area contributed by atoms with E-state index in [0.717, 1.165) is 0 Å². The number of halogens is 4. The summed E-state index contributed by atoms with van der Waals surface area (Å²) in [6, 6.07) is 0. The molecule has 0 radical (unpaired) electrons. The van der Waals surface area contributed by atoms with Gasteiger partial charge in [-0.15, -0.1) is 0 Å². The Kier molecular flexibility index (Phi) is 6.59. The minimum absolute atomic E-state index is 0.0530. The molecule has 1 amide bonds. The Labute approximate surface area is 119 Å². The van der Waals surface area contributed by atoms with Gasteiger partial charge >= 0.3 is 6.18 Å². The molecule has 0 heterocycles. The molecule has 1 aliphatic rings. The molecule has 1 fully saturated rings. The summed E-state index contributed by atoms with van der Waals surface area (Å²) in [6.45, 7) is 0.668. The molecule has 0 aromatic rings. The van der Waals surface area contributed by atoms with E-state index >= 15 is 0 Å². The van der Waals surface area contributed by atoms with E-state index in [-0.39, 0.29) is 17.8 Å². The van der Waals surface area contributed by atoms with Crippen LogP contribution in [-0.4, -0.2) is 37.2 Å². The zero-order valence-electron chi connectivity index (χ0n) is 10.8. The van der Waals surface area contributed by atoms with Crippen LogP contribution in [0.1, 0.15) is 25.7 Å². The zero-order valence-corrected chi connectivity index (χ0v) is 12.4. The second-order valence-electron chi connectivity index (χ2n) is 4.84. The fourth-order valence-electron chi connectivity index (χ4n) is 2.42. The summed E-state index contributed by atoms with van der Waals surface area (Å²) in [5.41, 5.74) is 0. The lowest BCUT2D eigenvalue weighted by molar-refractivity contribution is -0.198. The Bertz CT molecular complexity index is 299. The van der Waals surface area contributed by atoms with Gasteiger partial charge in [-0.05, 0) is 12.8 Å². The average molecular weight is 346 g/mol. The number of ether oxygens (including phenoxy) is 1. The van der Waals surface area contributed by atoms with Crippen LogP contribution in [-0.2, 0) is 9.53 Å². The summed E-state index contributed by atoms with van der Waals surface area (Å²) < 4.78 is 43.5. The highest BCUT2D eigenvalue weighted by Crippen LogP contribution is 2.41.